The van der Waals surface area contributed by atoms with Crippen LogP contribution in [-0.4, -0.2) is 4.98 Å². The van der Waals surface area contributed by atoms with E-state index in [2.05, 4.69) is 37.0 Å². The average Bonchev–Trinajstić information content (AvgIpc) is 2.28. The van der Waals surface area contributed by atoms with E-state index in [1.165, 1.54) is 10.9 Å². The van der Waals surface area contributed by atoms with Crippen LogP contribution in [0.1, 0.15) is 30.9 Å². The van der Waals surface area contributed by atoms with E-state index in [0.717, 1.165) is 10.9 Å². The van der Waals surface area contributed by atoms with Gasteiger partial charge in [-0.3, -0.25) is 4.98 Å². The fraction of sp³-hybridized carbons (Fsp3) is 0.286. The lowest BCUT2D eigenvalue weighted by atomic mass is 9.97. The Labute approximate surface area is 95.6 Å². The molecule has 1 aromatic heterocycles. The summed E-state index contributed by atoms with van der Waals surface area (Å²) in [5, 5.41) is 11.0. The smallest absolute Gasteiger partial charge is 0.0669 e. The molecule has 0 fully saturated rings. The number of aromatic nitrogens is 1. The second-order valence-electron chi connectivity index (χ2n) is 4.27. The molecule has 0 unspecified atom stereocenters. The summed E-state index contributed by atoms with van der Waals surface area (Å²) in [4.78, 5) is 4.25. The van der Waals surface area contributed by atoms with Gasteiger partial charge in [-0.05, 0) is 28.5 Å². The molecule has 0 atom stereocenters. The Bertz CT molecular complexity index is 550. The lowest BCUT2D eigenvalue weighted by molar-refractivity contribution is 0.869. The quantitative estimate of drug-likeness (QED) is 0.761. The Morgan fingerprint density at radius 1 is 1.31 bits per heavy atom. The van der Waals surface area contributed by atoms with Crippen LogP contribution in [0.5, 0.6) is 0 Å². The van der Waals surface area contributed by atoms with E-state index >= 15 is 0 Å². The summed E-state index contributed by atoms with van der Waals surface area (Å²) in [6, 6.07) is 8.34. The average molecular weight is 210 g/mol. The zero-order valence-corrected chi connectivity index (χ0v) is 9.57. The van der Waals surface area contributed by atoms with Gasteiger partial charge < -0.3 is 0 Å². The summed E-state index contributed by atoms with van der Waals surface area (Å²) in [6.07, 6.45) is 4.25. The van der Waals surface area contributed by atoms with Crippen molar-refractivity contribution in [2.75, 3.05) is 0 Å². The lowest BCUT2D eigenvalue weighted by Crippen LogP contribution is -1.92. The summed E-state index contributed by atoms with van der Waals surface area (Å²) in [5.74, 6) is 0.470. The molecule has 0 spiro atoms. The highest BCUT2D eigenvalue weighted by Crippen LogP contribution is 2.24. The van der Waals surface area contributed by atoms with E-state index in [1.54, 1.807) is 0 Å². The Kier molecular flexibility index (Phi) is 2.87. The van der Waals surface area contributed by atoms with Gasteiger partial charge in [0.15, 0.2) is 0 Å². The number of hydrogen-bond acceptors (Lipinski definition) is 2. The molecule has 1 aromatic carbocycles. The molecule has 2 nitrogen and oxygen atoms in total. The van der Waals surface area contributed by atoms with Crippen molar-refractivity contribution in [3.63, 3.8) is 0 Å². The molecule has 80 valence electrons. The highest BCUT2D eigenvalue weighted by atomic mass is 14.6. The van der Waals surface area contributed by atoms with Crippen LogP contribution in [0.3, 0.4) is 0 Å². The number of fused-ring (bicyclic) bond motifs is 1. The number of hydrogen-bond donors (Lipinski definition) is 0. The first-order chi connectivity index (χ1) is 7.72. The SMILES string of the molecule is CC(C)c1cncc2cc(CC#N)ccc12. The normalized spacial score (nSPS) is 10.6. The number of nitriles is 1. The second kappa shape index (κ2) is 4.32. The van der Waals surface area contributed by atoms with Gasteiger partial charge in [-0.15, -0.1) is 0 Å². The molecule has 2 aromatic rings. The maximum atomic E-state index is 8.67. The Hall–Kier alpha value is -1.88. The molecule has 0 aliphatic heterocycles. The molecular formula is C14H14N2. The first-order valence-electron chi connectivity index (χ1n) is 5.46. The van der Waals surface area contributed by atoms with Crippen LogP contribution in [-0.2, 0) is 6.42 Å². The predicted molar refractivity (Wildman–Crippen MR) is 65.1 cm³/mol. The molecule has 2 rings (SSSR count). The first kappa shape index (κ1) is 10.6. The van der Waals surface area contributed by atoms with Gasteiger partial charge in [0.1, 0.15) is 0 Å². The van der Waals surface area contributed by atoms with Crippen LogP contribution in [0.15, 0.2) is 30.6 Å². The number of nitrogens with zero attached hydrogens (tertiary/aromatic N) is 2. The van der Waals surface area contributed by atoms with Crippen LogP contribution in [0.4, 0.5) is 0 Å². The van der Waals surface area contributed by atoms with Gasteiger partial charge in [-0.2, -0.15) is 5.26 Å². The van der Waals surface area contributed by atoms with Crippen molar-refractivity contribution < 1.29 is 0 Å². The topological polar surface area (TPSA) is 36.7 Å². The Morgan fingerprint density at radius 2 is 2.12 bits per heavy atom. The van der Waals surface area contributed by atoms with Crippen molar-refractivity contribution in [3.8, 4) is 6.07 Å². The first-order valence-corrected chi connectivity index (χ1v) is 5.46. The fourth-order valence-corrected chi connectivity index (χ4v) is 1.91. The summed E-state index contributed by atoms with van der Waals surface area (Å²) in [5.41, 5.74) is 2.32. The van der Waals surface area contributed by atoms with E-state index in [4.69, 9.17) is 5.26 Å². The van der Waals surface area contributed by atoms with Crippen LogP contribution in [0.2, 0.25) is 0 Å². The van der Waals surface area contributed by atoms with E-state index in [1.807, 2.05) is 18.5 Å². The zero-order chi connectivity index (χ0) is 11.5. The third-order valence-electron chi connectivity index (χ3n) is 2.76. The summed E-state index contributed by atoms with van der Waals surface area (Å²) < 4.78 is 0. The third kappa shape index (κ3) is 1.90. The van der Waals surface area contributed by atoms with Crippen LogP contribution >= 0.6 is 0 Å². The Morgan fingerprint density at radius 3 is 2.81 bits per heavy atom. The molecule has 1 heterocycles. The summed E-state index contributed by atoms with van der Waals surface area (Å²) >= 11 is 0. The molecule has 0 N–H and O–H groups in total. The van der Waals surface area contributed by atoms with Gasteiger partial charge in [-0.25, -0.2) is 0 Å². The zero-order valence-electron chi connectivity index (χ0n) is 9.57. The van der Waals surface area contributed by atoms with Crippen molar-refractivity contribution in [1.29, 1.82) is 5.26 Å². The maximum Gasteiger partial charge on any atom is 0.0669 e. The minimum atomic E-state index is 0.460. The minimum Gasteiger partial charge on any atom is -0.264 e. The van der Waals surface area contributed by atoms with Gasteiger partial charge in [0, 0.05) is 17.8 Å². The minimum absolute atomic E-state index is 0.460. The van der Waals surface area contributed by atoms with Crippen molar-refractivity contribution in [3.05, 3.63) is 41.7 Å². The molecule has 0 saturated carbocycles. The third-order valence-corrected chi connectivity index (χ3v) is 2.76. The van der Waals surface area contributed by atoms with Crippen molar-refractivity contribution in [2.45, 2.75) is 26.2 Å². The fourth-order valence-electron chi connectivity index (χ4n) is 1.91. The van der Waals surface area contributed by atoms with E-state index in [-0.39, 0.29) is 0 Å². The van der Waals surface area contributed by atoms with Crippen molar-refractivity contribution >= 4 is 10.8 Å². The summed E-state index contributed by atoms with van der Waals surface area (Å²) in [7, 11) is 0. The number of pyridine rings is 1. The van der Waals surface area contributed by atoms with E-state index < -0.39 is 0 Å². The van der Waals surface area contributed by atoms with E-state index in [0.29, 0.717) is 12.3 Å². The van der Waals surface area contributed by atoms with Crippen LogP contribution in [0.25, 0.3) is 10.8 Å². The highest BCUT2D eigenvalue weighted by molar-refractivity contribution is 5.85. The Balaban J connectivity index is 2.60. The van der Waals surface area contributed by atoms with Crippen molar-refractivity contribution in [1.82, 2.24) is 4.98 Å². The highest BCUT2D eigenvalue weighted by Gasteiger charge is 2.05. The predicted octanol–water partition coefficient (Wildman–Crippen LogP) is 3.42. The molecule has 0 amide bonds. The molecule has 0 saturated heterocycles. The van der Waals surface area contributed by atoms with Gasteiger partial charge in [0.25, 0.3) is 0 Å². The largest absolute Gasteiger partial charge is 0.264 e. The lowest BCUT2D eigenvalue weighted by Gasteiger charge is -2.09. The van der Waals surface area contributed by atoms with Crippen LogP contribution in [0, 0.1) is 11.3 Å². The van der Waals surface area contributed by atoms with Gasteiger partial charge in [0.2, 0.25) is 0 Å². The van der Waals surface area contributed by atoms with Gasteiger partial charge >= 0.3 is 0 Å². The maximum absolute atomic E-state index is 8.67. The van der Waals surface area contributed by atoms with Gasteiger partial charge in [0.05, 0.1) is 12.5 Å². The van der Waals surface area contributed by atoms with Gasteiger partial charge in [-0.1, -0.05) is 26.0 Å². The molecule has 16 heavy (non-hydrogen) atoms. The monoisotopic (exact) mass is 210 g/mol. The second-order valence-corrected chi connectivity index (χ2v) is 4.27. The molecule has 0 aliphatic rings. The van der Waals surface area contributed by atoms with E-state index in [9.17, 15) is 0 Å². The molecule has 0 aliphatic carbocycles. The molecule has 0 bridgehead atoms. The van der Waals surface area contributed by atoms with Crippen molar-refractivity contribution in [2.24, 2.45) is 0 Å². The number of benzene rings is 1. The molecule has 2 heteroatoms. The molecular weight excluding hydrogens is 196 g/mol. The number of rotatable bonds is 2. The van der Waals surface area contributed by atoms with Crippen LogP contribution < -0.4 is 0 Å². The molecule has 0 radical (unpaired) electrons. The standard InChI is InChI=1S/C14H14N2/c1-10(2)14-9-16-8-12-7-11(5-6-15)3-4-13(12)14/h3-4,7-10H,5H2,1-2H3. The summed E-state index contributed by atoms with van der Waals surface area (Å²) in [6.45, 7) is 4.33.